The molecule has 1 amide bonds. The van der Waals surface area contributed by atoms with Crippen molar-refractivity contribution in [3.8, 4) is 0 Å². The summed E-state index contributed by atoms with van der Waals surface area (Å²) < 4.78 is 4.99. The molecule has 15 heavy (non-hydrogen) atoms. The minimum Gasteiger partial charge on any atom is -0.384 e. The Bertz CT molecular complexity index is 191. The van der Waals surface area contributed by atoms with Gasteiger partial charge in [0.15, 0.2) is 0 Å². The lowest BCUT2D eigenvalue weighted by Gasteiger charge is -2.26. The smallest absolute Gasteiger partial charge is 0.240 e. The van der Waals surface area contributed by atoms with Crippen molar-refractivity contribution >= 4 is 5.91 Å². The van der Waals surface area contributed by atoms with Crippen molar-refractivity contribution in [2.45, 2.75) is 39.2 Å². The molecule has 0 spiro atoms. The van der Waals surface area contributed by atoms with Crippen molar-refractivity contribution < 1.29 is 9.53 Å². The van der Waals surface area contributed by atoms with E-state index in [-0.39, 0.29) is 5.91 Å². The van der Waals surface area contributed by atoms with Crippen molar-refractivity contribution in [1.82, 2.24) is 5.32 Å². The lowest BCUT2D eigenvalue weighted by Crippen LogP contribution is -2.53. The largest absolute Gasteiger partial charge is 0.384 e. The van der Waals surface area contributed by atoms with Crippen molar-refractivity contribution in [3.63, 3.8) is 0 Å². The van der Waals surface area contributed by atoms with Crippen molar-refractivity contribution in [3.05, 3.63) is 0 Å². The molecule has 90 valence electrons. The molecular formula is C11H24N2O2. The van der Waals surface area contributed by atoms with Gasteiger partial charge >= 0.3 is 0 Å². The van der Waals surface area contributed by atoms with E-state index in [9.17, 15) is 4.79 Å². The highest BCUT2D eigenvalue weighted by atomic mass is 16.5. The van der Waals surface area contributed by atoms with Crippen LogP contribution in [0.2, 0.25) is 0 Å². The van der Waals surface area contributed by atoms with Crippen molar-refractivity contribution in [2.75, 3.05) is 20.3 Å². The number of rotatable bonds is 7. The van der Waals surface area contributed by atoms with Gasteiger partial charge in [-0.05, 0) is 18.8 Å². The van der Waals surface area contributed by atoms with Crippen LogP contribution in [0.25, 0.3) is 0 Å². The summed E-state index contributed by atoms with van der Waals surface area (Å²) in [5.41, 5.74) is 5.24. The van der Waals surface area contributed by atoms with E-state index in [0.717, 1.165) is 0 Å². The average Bonchev–Trinajstić information content (AvgIpc) is 2.25. The van der Waals surface area contributed by atoms with E-state index < -0.39 is 5.54 Å². The molecule has 0 heterocycles. The van der Waals surface area contributed by atoms with Crippen LogP contribution >= 0.6 is 0 Å². The second-order valence-electron chi connectivity index (χ2n) is 4.13. The van der Waals surface area contributed by atoms with Crippen LogP contribution < -0.4 is 11.1 Å². The fraction of sp³-hybridized carbons (Fsp3) is 0.909. The molecule has 0 bridgehead atoms. The topological polar surface area (TPSA) is 64.4 Å². The highest BCUT2D eigenvalue weighted by Gasteiger charge is 2.29. The average molecular weight is 216 g/mol. The minimum absolute atomic E-state index is 0.0598. The van der Waals surface area contributed by atoms with E-state index in [1.807, 2.05) is 20.8 Å². The number of nitrogens with one attached hydrogen (secondary N) is 1. The number of carbonyl (C=O) groups is 1. The molecule has 4 nitrogen and oxygen atoms in total. The molecule has 0 aromatic carbocycles. The molecule has 4 heteroatoms. The van der Waals surface area contributed by atoms with Crippen LogP contribution in [-0.4, -0.2) is 31.7 Å². The minimum atomic E-state index is -0.715. The lowest BCUT2D eigenvalue weighted by molar-refractivity contribution is -0.126. The van der Waals surface area contributed by atoms with E-state index >= 15 is 0 Å². The Morgan fingerprint density at radius 2 is 2.00 bits per heavy atom. The number of nitrogens with two attached hydrogens (primary N) is 1. The van der Waals surface area contributed by atoms with Gasteiger partial charge in [-0.15, -0.1) is 0 Å². The van der Waals surface area contributed by atoms with Gasteiger partial charge < -0.3 is 15.8 Å². The number of ether oxygens (including phenoxy) is 1. The molecule has 0 aromatic rings. The monoisotopic (exact) mass is 216 g/mol. The Hall–Kier alpha value is -0.610. The van der Waals surface area contributed by atoms with E-state index in [1.54, 1.807) is 7.11 Å². The third-order valence-corrected chi connectivity index (χ3v) is 2.78. The van der Waals surface area contributed by atoms with Gasteiger partial charge in [0.1, 0.15) is 0 Å². The highest BCUT2D eigenvalue weighted by Crippen LogP contribution is 2.11. The number of hydrogen-bond donors (Lipinski definition) is 2. The SMILES string of the molecule is CCC(N)(CC)C(=O)NCC(C)COC. The summed E-state index contributed by atoms with van der Waals surface area (Å²) in [6.07, 6.45) is 1.32. The second kappa shape index (κ2) is 6.80. The molecule has 0 aliphatic heterocycles. The van der Waals surface area contributed by atoms with Crippen LogP contribution in [0.3, 0.4) is 0 Å². The Morgan fingerprint density at radius 3 is 2.40 bits per heavy atom. The van der Waals surface area contributed by atoms with Gasteiger partial charge in [0.05, 0.1) is 12.1 Å². The zero-order valence-corrected chi connectivity index (χ0v) is 10.3. The molecule has 0 saturated carbocycles. The number of hydrogen-bond acceptors (Lipinski definition) is 3. The fourth-order valence-corrected chi connectivity index (χ4v) is 1.36. The first-order valence-corrected chi connectivity index (χ1v) is 5.56. The molecule has 0 rings (SSSR count). The maximum Gasteiger partial charge on any atom is 0.240 e. The van der Waals surface area contributed by atoms with Gasteiger partial charge in [-0.2, -0.15) is 0 Å². The van der Waals surface area contributed by atoms with E-state index in [2.05, 4.69) is 5.32 Å². The summed E-state index contributed by atoms with van der Waals surface area (Å²) in [7, 11) is 1.66. The van der Waals surface area contributed by atoms with Crippen molar-refractivity contribution in [1.29, 1.82) is 0 Å². The fourth-order valence-electron chi connectivity index (χ4n) is 1.36. The maximum absolute atomic E-state index is 11.8. The van der Waals surface area contributed by atoms with Crippen LogP contribution in [0.4, 0.5) is 0 Å². The molecule has 0 aromatic heterocycles. The first-order chi connectivity index (χ1) is 7.00. The standard InChI is InChI=1S/C11H24N2O2/c1-5-11(12,6-2)10(14)13-7-9(3)8-15-4/h9H,5-8,12H2,1-4H3,(H,13,14). The molecule has 0 radical (unpaired) electrons. The van der Waals surface area contributed by atoms with E-state index in [0.29, 0.717) is 31.9 Å². The van der Waals surface area contributed by atoms with E-state index in [1.165, 1.54) is 0 Å². The third kappa shape index (κ3) is 4.62. The predicted octanol–water partition coefficient (Wildman–Crippen LogP) is 0.903. The Balaban J connectivity index is 4.02. The normalized spacial score (nSPS) is 13.7. The quantitative estimate of drug-likeness (QED) is 0.664. The molecule has 0 aliphatic rings. The third-order valence-electron chi connectivity index (χ3n) is 2.78. The number of carbonyl (C=O) groups excluding carboxylic acids is 1. The van der Waals surface area contributed by atoms with E-state index in [4.69, 9.17) is 10.5 Å². The number of amides is 1. The van der Waals surface area contributed by atoms with Gasteiger partial charge in [0.2, 0.25) is 5.91 Å². The molecule has 3 N–H and O–H groups in total. The second-order valence-corrected chi connectivity index (χ2v) is 4.13. The number of methoxy groups -OCH3 is 1. The van der Waals surface area contributed by atoms with Gasteiger partial charge in [-0.1, -0.05) is 20.8 Å². The first kappa shape index (κ1) is 14.4. The van der Waals surface area contributed by atoms with Gasteiger partial charge in [-0.3, -0.25) is 4.79 Å². The Labute approximate surface area is 92.6 Å². The lowest BCUT2D eigenvalue weighted by atomic mass is 9.93. The molecule has 0 saturated heterocycles. The van der Waals surface area contributed by atoms with Crippen LogP contribution in [0.1, 0.15) is 33.6 Å². The summed E-state index contributed by atoms with van der Waals surface area (Å²) in [5, 5.41) is 2.87. The Kier molecular flexibility index (Phi) is 6.52. The molecule has 1 atom stereocenters. The predicted molar refractivity (Wildman–Crippen MR) is 61.6 cm³/mol. The Morgan fingerprint density at radius 1 is 1.47 bits per heavy atom. The first-order valence-electron chi connectivity index (χ1n) is 5.56. The van der Waals surface area contributed by atoms with Crippen LogP contribution in [0, 0.1) is 5.92 Å². The summed E-state index contributed by atoms with van der Waals surface area (Å²) in [4.78, 5) is 11.8. The van der Waals surface area contributed by atoms with Gasteiger partial charge in [0.25, 0.3) is 0 Å². The molecule has 0 fully saturated rings. The van der Waals surface area contributed by atoms with Crippen LogP contribution in [0.15, 0.2) is 0 Å². The molecule has 0 aliphatic carbocycles. The van der Waals surface area contributed by atoms with Gasteiger partial charge in [0, 0.05) is 13.7 Å². The van der Waals surface area contributed by atoms with Crippen molar-refractivity contribution in [2.24, 2.45) is 11.7 Å². The summed E-state index contributed by atoms with van der Waals surface area (Å²) in [6, 6.07) is 0. The van der Waals surface area contributed by atoms with Gasteiger partial charge in [-0.25, -0.2) is 0 Å². The zero-order valence-electron chi connectivity index (χ0n) is 10.3. The molecule has 1 unspecified atom stereocenters. The summed E-state index contributed by atoms with van der Waals surface area (Å²) in [6.45, 7) is 7.16. The molecular weight excluding hydrogens is 192 g/mol. The van der Waals surface area contributed by atoms with Crippen LogP contribution in [-0.2, 0) is 9.53 Å². The maximum atomic E-state index is 11.8. The highest BCUT2D eigenvalue weighted by molar-refractivity contribution is 5.85. The summed E-state index contributed by atoms with van der Waals surface area (Å²) in [5.74, 6) is 0.257. The summed E-state index contributed by atoms with van der Waals surface area (Å²) >= 11 is 0. The zero-order chi connectivity index (χ0) is 11.9. The van der Waals surface area contributed by atoms with Crippen LogP contribution in [0.5, 0.6) is 0 Å².